The van der Waals surface area contributed by atoms with E-state index in [9.17, 15) is 8.42 Å². The fraction of sp³-hybridized carbons (Fsp3) is 0.235. The van der Waals surface area contributed by atoms with Crippen LogP contribution >= 0.6 is 35.6 Å². The first kappa shape index (κ1) is 21.7. The molecule has 0 bridgehead atoms. The number of rotatable bonds is 5. The second-order valence-corrected chi connectivity index (χ2v) is 7.78. The normalized spacial score (nSPS) is 11.6. The van der Waals surface area contributed by atoms with Crippen molar-refractivity contribution in [1.82, 2.24) is 10.6 Å². The first-order chi connectivity index (χ1) is 11.4. The van der Waals surface area contributed by atoms with E-state index in [0.717, 1.165) is 11.1 Å². The van der Waals surface area contributed by atoms with Gasteiger partial charge < -0.3 is 10.6 Å². The molecule has 0 aromatic heterocycles. The number of hydrogen-bond donors (Lipinski definition) is 2. The maximum absolute atomic E-state index is 11.4. The maximum Gasteiger partial charge on any atom is 0.191 e. The number of guanidine groups is 1. The lowest BCUT2D eigenvalue weighted by Crippen LogP contribution is -2.36. The predicted octanol–water partition coefficient (Wildman–Crippen LogP) is 3.23. The minimum Gasteiger partial charge on any atom is -0.352 e. The van der Waals surface area contributed by atoms with E-state index in [0.29, 0.717) is 29.0 Å². The number of nitrogens with zero attached hydrogens (tertiary/aromatic N) is 1. The van der Waals surface area contributed by atoms with Gasteiger partial charge in [0.25, 0.3) is 0 Å². The average Bonchev–Trinajstić information content (AvgIpc) is 2.55. The first-order valence-electron chi connectivity index (χ1n) is 7.36. The van der Waals surface area contributed by atoms with Gasteiger partial charge in [0.15, 0.2) is 15.8 Å². The van der Waals surface area contributed by atoms with E-state index < -0.39 is 9.84 Å². The Labute approximate surface area is 170 Å². The first-order valence-corrected chi connectivity index (χ1v) is 9.63. The van der Waals surface area contributed by atoms with E-state index in [2.05, 4.69) is 15.6 Å². The summed E-state index contributed by atoms with van der Waals surface area (Å²) in [6.07, 6.45) is 1.20. The molecule has 5 nitrogen and oxygen atoms in total. The van der Waals surface area contributed by atoms with Crippen molar-refractivity contribution in [2.24, 2.45) is 4.99 Å². The lowest BCUT2D eigenvalue weighted by atomic mass is 10.2. The Bertz CT molecular complexity index is 824. The van der Waals surface area contributed by atoms with Gasteiger partial charge in [-0.3, -0.25) is 4.99 Å². The van der Waals surface area contributed by atoms with Gasteiger partial charge in [0.05, 0.1) is 4.90 Å². The van der Waals surface area contributed by atoms with Crippen LogP contribution in [0.15, 0.2) is 58.4 Å². The maximum atomic E-state index is 11.4. The molecule has 0 radical (unpaired) electrons. The molecule has 0 amide bonds. The van der Waals surface area contributed by atoms with Crippen LogP contribution in [-0.4, -0.2) is 27.7 Å². The van der Waals surface area contributed by atoms with Crippen molar-refractivity contribution in [1.29, 1.82) is 0 Å². The van der Waals surface area contributed by atoms with Crippen LogP contribution in [0.1, 0.15) is 11.1 Å². The molecule has 0 saturated carbocycles. The van der Waals surface area contributed by atoms with Gasteiger partial charge >= 0.3 is 0 Å². The Balaban J connectivity index is 0.00000312. The molecular weight excluding hydrogens is 473 g/mol. The Morgan fingerprint density at radius 2 is 1.64 bits per heavy atom. The number of hydrogen-bond acceptors (Lipinski definition) is 3. The van der Waals surface area contributed by atoms with Crippen molar-refractivity contribution >= 4 is 51.4 Å². The zero-order valence-electron chi connectivity index (χ0n) is 14.0. The molecule has 0 spiro atoms. The van der Waals surface area contributed by atoms with E-state index >= 15 is 0 Å². The smallest absolute Gasteiger partial charge is 0.191 e. The van der Waals surface area contributed by atoms with Gasteiger partial charge in [-0.05, 0) is 35.4 Å². The quantitative estimate of drug-likeness (QED) is 0.381. The van der Waals surface area contributed by atoms with Crippen molar-refractivity contribution in [2.75, 3.05) is 13.3 Å². The average molecular weight is 494 g/mol. The number of nitrogens with one attached hydrogen (secondary N) is 2. The molecule has 8 heteroatoms. The van der Waals surface area contributed by atoms with Crippen molar-refractivity contribution in [2.45, 2.75) is 18.0 Å². The molecule has 2 aromatic rings. The van der Waals surface area contributed by atoms with Gasteiger partial charge in [0.1, 0.15) is 0 Å². The fourth-order valence-corrected chi connectivity index (χ4v) is 2.94. The highest BCUT2D eigenvalue weighted by Gasteiger charge is 2.06. The summed E-state index contributed by atoms with van der Waals surface area (Å²) in [5.41, 5.74) is 2.02. The number of halogens is 2. The lowest BCUT2D eigenvalue weighted by Gasteiger charge is -2.12. The third-order valence-corrected chi connectivity index (χ3v) is 4.75. The van der Waals surface area contributed by atoms with E-state index in [4.69, 9.17) is 11.6 Å². The highest BCUT2D eigenvalue weighted by Crippen LogP contribution is 2.11. The molecule has 0 unspecified atom stereocenters. The van der Waals surface area contributed by atoms with Crippen LogP contribution in [0.4, 0.5) is 0 Å². The topological polar surface area (TPSA) is 70.6 Å². The SMILES string of the molecule is CN=C(NCc1ccc(S(C)(=O)=O)cc1)NCc1cccc(Cl)c1.I. The molecule has 2 aromatic carbocycles. The molecule has 0 saturated heterocycles. The minimum absolute atomic E-state index is 0. The molecule has 0 aliphatic carbocycles. The molecule has 0 aliphatic rings. The molecule has 0 atom stereocenters. The van der Waals surface area contributed by atoms with Crippen molar-refractivity contribution in [3.05, 3.63) is 64.7 Å². The van der Waals surface area contributed by atoms with Crippen LogP contribution in [0.3, 0.4) is 0 Å². The van der Waals surface area contributed by atoms with Crippen LogP contribution in [0.25, 0.3) is 0 Å². The Kier molecular flexibility index (Phi) is 8.67. The Morgan fingerprint density at radius 3 is 2.16 bits per heavy atom. The van der Waals surface area contributed by atoms with E-state index in [1.54, 1.807) is 31.3 Å². The third kappa shape index (κ3) is 7.21. The largest absolute Gasteiger partial charge is 0.352 e. The molecule has 0 fully saturated rings. The fourth-order valence-electron chi connectivity index (χ4n) is 2.09. The standard InChI is InChI=1S/C17H20ClN3O2S.HI/c1-19-17(21-12-14-4-3-5-15(18)10-14)20-11-13-6-8-16(9-7-13)24(2,22)23;/h3-10H,11-12H2,1-2H3,(H2,19,20,21);1H. The van der Waals surface area contributed by atoms with Crippen molar-refractivity contribution in [3.8, 4) is 0 Å². The van der Waals surface area contributed by atoms with Crippen molar-refractivity contribution < 1.29 is 8.42 Å². The molecular formula is C17H21ClIN3O2S. The number of sulfone groups is 1. The van der Waals surface area contributed by atoms with Crippen LogP contribution in [-0.2, 0) is 22.9 Å². The summed E-state index contributed by atoms with van der Waals surface area (Å²) >= 11 is 5.96. The predicted molar refractivity (Wildman–Crippen MR) is 113 cm³/mol. The summed E-state index contributed by atoms with van der Waals surface area (Å²) in [5, 5.41) is 7.09. The zero-order chi connectivity index (χ0) is 17.6. The van der Waals surface area contributed by atoms with Gasteiger partial charge in [-0.1, -0.05) is 35.9 Å². The monoisotopic (exact) mass is 493 g/mol. The molecule has 2 N–H and O–H groups in total. The lowest BCUT2D eigenvalue weighted by molar-refractivity contribution is 0.602. The van der Waals surface area contributed by atoms with Gasteiger partial charge in [-0.25, -0.2) is 8.42 Å². The molecule has 25 heavy (non-hydrogen) atoms. The molecule has 2 rings (SSSR count). The molecule has 0 aliphatic heterocycles. The van der Waals surface area contributed by atoms with Gasteiger partial charge in [0.2, 0.25) is 0 Å². The number of benzene rings is 2. The Hall–Kier alpha value is -1.32. The summed E-state index contributed by atoms with van der Waals surface area (Å²) in [6.45, 7) is 1.15. The van der Waals surface area contributed by atoms with Gasteiger partial charge in [-0.2, -0.15) is 0 Å². The van der Waals surface area contributed by atoms with E-state index in [1.807, 2.05) is 24.3 Å². The Morgan fingerprint density at radius 1 is 1.04 bits per heavy atom. The van der Waals surface area contributed by atoms with E-state index in [1.165, 1.54) is 6.26 Å². The van der Waals surface area contributed by atoms with Gasteiger partial charge in [-0.15, -0.1) is 24.0 Å². The highest BCUT2D eigenvalue weighted by molar-refractivity contribution is 14.0. The third-order valence-electron chi connectivity index (χ3n) is 3.38. The van der Waals surface area contributed by atoms with Crippen LogP contribution < -0.4 is 10.6 Å². The highest BCUT2D eigenvalue weighted by atomic mass is 127. The van der Waals surface area contributed by atoms with Crippen molar-refractivity contribution in [3.63, 3.8) is 0 Å². The minimum atomic E-state index is -3.17. The molecule has 136 valence electrons. The summed E-state index contributed by atoms with van der Waals surface area (Å²) in [6, 6.07) is 14.4. The zero-order valence-corrected chi connectivity index (χ0v) is 17.9. The number of aliphatic imine (C=N–C) groups is 1. The van der Waals surface area contributed by atoms with Crippen LogP contribution in [0.5, 0.6) is 0 Å². The van der Waals surface area contributed by atoms with Gasteiger partial charge in [0, 0.05) is 31.4 Å². The summed E-state index contributed by atoms with van der Waals surface area (Å²) in [4.78, 5) is 4.48. The molecule has 0 heterocycles. The second-order valence-electron chi connectivity index (χ2n) is 5.33. The van der Waals surface area contributed by atoms with Crippen LogP contribution in [0.2, 0.25) is 5.02 Å². The second kappa shape index (κ2) is 9.98. The summed E-state index contributed by atoms with van der Waals surface area (Å²) in [5.74, 6) is 0.655. The van der Waals surface area contributed by atoms with E-state index in [-0.39, 0.29) is 24.0 Å². The summed E-state index contributed by atoms with van der Waals surface area (Å²) < 4.78 is 22.9. The summed E-state index contributed by atoms with van der Waals surface area (Å²) in [7, 11) is -1.47. The van der Waals surface area contributed by atoms with Crippen LogP contribution in [0, 0.1) is 0 Å².